The molecule has 6 heteroatoms. The fraction of sp³-hybridized carbons (Fsp3) is 0.182. The van der Waals surface area contributed by atoms with Crippen molar-refractivity contribution in [3.63, 3.8) is 0 Å². The Labute approximate surface area is 144 Å². The number of nitrogens with one attached hydrogen (secondary N) is 1. The van der Waals surface area contributed by atoms with Gasteiger partial charge < -0.3 is 15.8 Å². The number of carboxylic acid groups (broad SMARTS) is 1. The van der Waals surface area contributed by atoms with Crippen LogP contribution in [0.4, 0.5) is 0 Å². The van der Waals surface area contributed by atoms with Crippen molar-refractivity contribution < 1.29 is 9.90 Å². The van der Waals surface area contributed by atoms with Crippen LogP contribution in [0.5, 0.6) is 0 Å². The van der Waals surface area contributed by atoms with E-state index >= 15 is 0 Å². The van der Waals surface area contributed by atoms with Crippen LogP contribution in [0.3, 0.4) is 0 Å². The van der Waals surface area contributed by atoms with Gasteiger partial charge in [0.1, 0.15) is 6.04 Å². The van der Waals surface area contributed by atoms with Gasteiger partial charge in [0.05, 0.1) is 0 Å². The number of para-hydroxylation sites is 1. The van der Waals surface area contributed by atoms with E-state index in [1.807, 2.05) is 30.5 Å². The Hall–Kier alpha value is 0.190. The quantitative estimate of drug-likeness (QED) is 0.663. The van der Waals surface area contributed by atoms with E-state index in [-0.39, 0.29) is 59.1 Å². The molecule has 2 aromatic rings. The molecule has 1 aromatic carbocycles. The Kier molecular flexibility index (Phi) is 7.67. The number of aliphatic carboxylic acids is 1. The third-order valence-corrected chi connectivity index (χ3v) is 2.43. The maximum atomic E-state index is 10.6. The molecule has 0 amide bonds. The second-order valence-electron chi connectivity index (χ2n) is 3.51. The number of aromatic amines is 1. The molecule has 1 heterocycles. The molecule has 2 rings (SSSR count). The average molecular weight is 252 g/mol. The standard InChI is InChI=1S/C11H12N2O2.2Na.2H/c12-9(11(14)15)5-7-6-13-10-4-2-1-3-8(7)10;;;;/h1-4,6,9,13H,5,12H2,(H,14,15);;;;. The minimum absolute atomic E-state index is 0. The predicted molar refractivity (Wildman–Crippen MR) is 71.9 cm³/mol. The summed E-state index contributed by atoms with van der Waals surface area (Å²) >= 11 is 0. The number of carbonyl (C=O) groups is 1. The number of fused-ring (bicyclic) bond motifs is 1. The summed E-state index contributed by atoms with van der Waals surface area (Å²) in [6, 6.07) is 6.91. The number of H-pyrrole nitrogens is 1. The van der Waals surface area contributed by atoms with E-state index < -0.39 is 12.0 Å². The number of rotatable bonds is 3. The molecule has 0 saturated heterocycles. The summed E-state index contributed by atoms with van der Waals surface area (Å²) in [6.07, 6.45) is 2.16. The SMILES string of the molecule is NC(Cc1c[nH]c2ccccc12)C(=O)O.[NaH].[NaH]. The minimum atomic E-state index is -0.972. The normalized spacial score (nSPS) is 11.4. The van der Waals surface area contributed by atoms with Crippen molar-refractivity contribution in [1.29, 1.82) is 0 Å². The molecule has 0 fully saturated rings. The molecule has 4 N–H and O–H groups in total. The fourth-order valence-electron chi connectivity index (χ4n) is 1.62. The van der Waals surface area contributed by atoms with Crippen molar-refractivity contribution in [2.45, 2.75) is 12.5 Å². The van der Waals surface area contributed by atoms with Crippen LogP contribution in [-0.4, -0.2) is 81.2 Å². The second kappa shape index (κ2) is 7.59. The molecule has 0 bridgehead atoms. The zero-order valence-electron chi connectivity index (χ0n) is 8.10. The van der Waals surface area contributed by atoms with Crippen molar-refractivity contribution >= 4 is 76.0 Å². The summed E-state index contributed by atoms with van der Waals surface area (Å²) in [6.45, 7) is 0. The van der Waals surface area contributed by atoms with Crippen molar-refractivity contribution in [3.05, 3.63) is 36.0 Å². The monoisotopic (exact) mass is 252 g/mol. The van der Waals surface area contributed by atoms with E-state index in [4.69, 9.17) is 10.8 Å². The first-order valence-electron chi connectivity index (χ1n) is 4.72. The van der Waals surface area contributed by atoms with Crippen LogP contribution in [0.25, 0.3) is 10.9 Å². The number of hydrogen-bond acceptors (Lipinski definition) is 2. The van der Waals surface area contributed by atoms with Gasteiger partial charge in [0.25, 0.3) is 0 Å². The topological polar surface area (TPSA) is 79.1 Å². The van der Waals surface area contributed by atoms with Gasteiger partial charge in [-0.05, 0) is 11.6 Å². The van der Waals surface area contributed by atoms with Crippen LogP contribution in [0.15, 0.2) is 30.5 Å². The molecule has 0 radical (unpaired) electrons. The Bertz CT molecular complexity index is 499. The Morgan fingerprint density at radius 3 is 2.65 bits per heavy atom. The van der Waals surface area contributed by atoms with Crippen LogP contribution >= 0.6 is 0 Å². The number of nitrogens with two attached hydrogens (primary N) is 1. The van der Waals surface area contributed by atoms with Crippen LogP contribution in [-0.2, 0) is 11.2 Å². The number of hydrogen-bond donors (Lipinski definition) is 3. The van der Waals surface area contributed by atoms with Crippen LogP contribution in [0.2, 0.25) is 0 Å². The van der Waals surface area contributed by atoms with Crippen LogP contribution < -0.4 is 5.73 Å². The van der Waals surface area contributed by atoms with Gasteiger partial charge in [0.2, 0.25) is 0 Å². The van der Waals surface area contributed by atoms with Crippen molar-refractivity contribution in [2.75, 3.05) is 0 Å². The molecule has 17 heavy (non-hydrogen) atoms. The summed E-state index contributed by atoms with van der Waals surface area (Å²) in [5.74, 6) is -0.972. The first-order valence-corrected chi connectivity index (χ1v) is 4.72. The molecule has 1 unspecified atom stereocenters. The Morgan fingerprint density at radius 2 is 2.00 bits per heavy atom. The second-order valence-corrected chi connectivity index (χ2v) is 3.51. The Morgan fingerprint density at radius 1 is 1.35 bits per heavy atom. The first kappa shape index (κ1) is 17.2. The molecule has 0 aliphatic carbocycles. The van der Waals surface area contributed by atoms with Gasteiger partial charge >= 0.3 is 65.1 Å². The fourth-order valence-corrected chi connectivity index (χ4v) is 1.62. The third kappa shape index (κ3) is 4.10. The molecule has 0 aliphatic heterocycles. The van der Waals surface area contributed by atoms with Gasteiger partial charge in [-0.3, -0.25) is 4.79 Å². The van der Waals surface area contributed by atoms with Gasteiger partial charge in [0.15, 0.2) is 0 Å². The summed E-state index contributed by atoms with van der Waals surface area (Å²) in [5, 5.41) is 9.75. The average Bonchev–Trinajstić information content (AvgIpc) is 2.62. The van der Waals surface area contributed by atoms with Crippen LogP contribution in [0.1, 0.15) is 5.56 Å². The zero-order chi connectivity index (χ0) is 10.8. The van der Waals surface area contributed by atoms with E-state index in [0.717, 1.165) is 16.5 Å². The van der Waals surface area contributed by atoms with E-state index in [9.17, 15) is 4.79 Å². The van der Waals surface area contributed by atoms with Crippen LogP contribution in [0, 0.1) is 0 Å². The van der Waals surface area contributed by atoms with E-state index in [1.54, 1.807) is 0 Å². The number of aromatic nitrogens is 1. The van der Waals surface area contributed by atoms with Crippen molar-refractivity contribution in [3.8, 4) is 0 Å². The molecule has 1 aromatic heterocycles. The zero-order valence-corrected chi connectivity index (χ0v) is 8.10. The molecule has 0 spiro atoms. The number of benzene rings is 1. The summed E-state index contributed by atoms with van der Waals surface area (Å²) in [7, 11) is 0. The maximum absolute atomic E-state index is 10.6. The first-order chi connectivity index (χ1) is 7.18. The molecule has 82 valence electrons. The summed E-state index contributed by atoms with van der Waals surface area (Å²) in [4.78, 5) is 13.7. The molecule has 1 atom stereocenters. The predicted octanol–water partition coefficient (Wildman–Crippen LogP) is -0.175. The van der Waals surface area contributed by atoms with E-state index in [0.29, 0.717) is 6.42 Å². The molecule has 0 saturated carbocycles. The van der Waals surface area contributed by atoms with Gasteiger partial charge in [-0.25, -0.2) is 0 Å². The molecule has 0 aliphatic rings. The number of carboxylic acids is 1. The Balaban J connectivity index is 0.00000128. The molecular weight excluding hydrogens is 238 g/mol. The van der Waals surface area contributed by atoms with Gasteiger partial charge in [-0.15, -0.1) is 0 Å². The summed E-state index contributed by atoms with van der Waals surface area (Å²) < 4.78 is 0. The summed E-state index contributed by atoms with van der Waals surface area (Å²) in [5.41, 5.74) is 7.43. The van der Waals surface area contributed by atoms with Gasteiger partial charge in [0, 0.05) is 23.5 Å². The van der Waals surface area contributed by atoms with Crippen molar-refractivity contribution in [2.24, 2.45) is 5.73 Å². The van der Waals surface area contributed by atoms with E-state index in [1.165, 1.54) is 0 Å². The molecular formula is C11H14N2Na2O2. The third-order valence-electron chi connectivity index (χ3n) is 2.43. The van der Waals surface area contributed by atoms with Crippen molar-refractivity contribution in [1.82, 2.24) is 4.98 Å². The molecule has 4 nitrogen and oxygen atoms in total. The van der Waals surface area contributed by atoms with Gasteiger partial charge in [-0.1, -0.05) is 18.2 Å². The van der Waals surface area contributed by atoms with E-state index in [2.05, 4.69) is 4.98 Å². The van der Waals surface area contributed by atoms with Gasteiger partial charge in [-0.2, -0.15) is 0 Å².